The van der Waals surface area contributed by atoms with Crippen molar-refractivity contribution in [1.29, 1.82) is 0 Å². The second-order valence-electron chi connectivity index (χ2n) is 4.10. The third-order valence-corrected chi connectivity index (χ3v) is 2.70. The number of hydrogen-bond acceptors (Lipinski definition) is 4. The second-order valence-corrected chi connectivity index (χ2v) is 4.50. The van der Waals surface area contributed by atoms with Crippen LogP contribution in [0.1, 0.15) is 13.8 Å². The number of rotatable bonds is 7. The van der Waals surface area contributed by atoms with Gasteiger partial charge in [0.1, 0.15) is 5.75 Å². The van der Waals surface area contributed by atoms with E-state index in [2.05, 4.69) is 5.32 Å². The van der Waals surface area contributed by atoms with Crippen molar-refractivity contribution in [3.05, 3.63) is 33.3 Å². The van der Waals surface area contributed by atoms with Crippen LogP contribution >= 0.6 is 11.6 Å². The van der Waals surface area contributed by atoms with E-state index in [4.69, 9.17) is 16.3 Å². The highest BCUT2D eigenvalue weighted by Crippen LogP contribution is 2.29. The van der Waals surface area contributed by atoms with Crippen molar-refractivity contribution in [2.75, 3.05) is 19.7 Å². The molecule has 0 spiro atoms. The number of nitrogens with zero attached hydrogens (tertiary/aromatic N) is 1. The zero-order chi connectivity index (χ0) is 13.5. The topological polar surface area (TPSA) is 64.4 Å². The molecule has 0 aliphatic carbocycles. The summed E-state index contributed by atoms with van der Waals surface area (Å²) >= 11 is 5.93. The minimum Gasteiger partial charge on any atom is -0.491 e. The Bertz CT molecular complexity index is 412. The summed E-state index contributed by atoms with van der Waals surface area (Å²) in [6.07, 6.45) is 0. The molecule has 0 bridgehead atoms. The van der Waals surface area contributed by atoms with Crippen LogP contribution in [0, 0.1) is 16.0 Å². The average Bonchev–Trinajstić information content (AvgIpc) is 2.35. The van der Waals surface area contributed by atoms with Crippen molar-refractivity contribution < 1.29 is 9.66 Å². The lowest BCUT2D eigenvalue weighted by atomic mass is 10.2. The van der Waals surface area contributed by atoms with E-state index < -0.39 is 4.92 Å². The molecular weight excluding hydrogens is 256 g/mol. The molecule has 18 heavy (non-hydrogen) atoms. The summed E-state index contributed by atoms with van der Waals surface area (Å²) in [6.45, 7) is 6.28. The molecule has 0 heterocycles. The van der Waals surface area contributed by atoms with Gasteiger partial charge in [-0.25, -0.2) is 0 Å². The van der Waals surface area contributed by atoms with Crippen molar-refractivity contribution in [2.45, 2.75) is 13.8 Å². The number of benzene rings is 1. The minimum atomic E-state index is -0.467. The normalized spacial score (nSPS) is 12.2. The molecule has 1 atom stereocenters. The van der Waals surface area contributed by atoms with Crippen LogP contribution in [0.3, 0.4) is 0 Å². The van der Waals surface area contributed by atoms with Crippen LogP contribution in [-0.2, 0) is 0 Å². The number of hydrogen-bond donors (Lipinski definition) is 1. The average molecular weight is 273 g/mol. The molecule has 0 saturated carbocycles. The van der Waals surface area contributed by atoms with Gasteiger partial charge in [0.25, 0.3) is 5.69 Å². The monoisotopic (exact) mass is 272 g/mol. The molecule has 1 aromatic carbocycles. The van der Waals surface area contributed by atoms with Crippen LogP contribution in [0.25, 0.3) is 0 Å². The summed E-state index contributed by atoms with van der Waals surface area (Å²) in [7, 11) is 0. The molecule has 5 nitrogen and oxygen atoms in total. The predicted octanol–water partition coefficient (Wildman–Crippen LogP) is 2.87. The van der Waals surface area contributed by atoms with Gasteiger partial charge in [0, 0.05) is 18.5 Å². The van der Waals surface area contributed by atoms with Gasteiger partial charge in [-0.15, -0.1) is 0 Å². The van der Waals surface area contributed by atoms with E-state index in [1.165, 1.54) is 18.2 Å². The molecule has 0 saturated heterocycles. The first-order valence-corrected chi connectivity index (χ1v) is 6.19. The zero-order valence-corrected chi connectivity index (χ0v) is 11.2. The fourth-order valence-corrected chi connectivity index (χ4v) is 1.57. The van der Waals surface area contributed by atoms with Gasteiger partial charge in [-0.1, -0.05) is 25.4 Å². The van der Waals surface area contributed by atoms with E-state index in [1.807, 2.05) is 13.8 Å². The van der Waals surface area contributed by atoms with Gasteiger partial charge in [0.2, 0.25) is 0 Å². The fraction of sp³-hybridized carbons (Fsp3) is 0.500. The summed E-state index contributed by atoms with van der Waals surface area (Å²) in [6, 6.07) is 4.18. The molecule has 0 aliphatic rings. The number of nitro benzene ring substituents is 1. The van der Waals surface area contributed by atoms with Crippen LogP contribution in [0.4, 0.5) is 5.69 Å². The van der Waals surface area contributed by atoms with E-state index in [-0.39, 0.29) is 5.69 Å². The Hall–Kier alpha value is -1.33. The lowest BCUT2D eigenvalue weighted by molar-refractivity contribution is -0.384. The molecule has 0 fully saturated rings. The Balaban J connectivity index is 2.60. The number of ether oxygens (including phenoxy) is 1. The number of nitro groups is 1. The predicted molar refractivity (Wildman–Crippen MR) is 71.3 cm³/mol. The summed E-state index contributed by atoms with van der Waals surface area (Å²) < 4.78 is 5.51. The van der Waals surface area contributed by atoms with Crippen molar-refractivity contribution in [3.8, 4) is 5.75 Å². The van der Waals surface area contributed by atoms with Crippen molar-refractivity contribution in [3.63, 3.8) is 0 Å². The zero-order valence-electron chi connectivity index (χ0n) is 10.5. The van der Waals surface area contributed by atoms with Crippen molar-refractivity contribution >= 4 is 17.3 Å². The number of non-ortho nitro benzene ring substituents is 1. The number of nitrogens with one attached hydrogen (secondary N) is 1. The molecule has 0 amide bonds. The summed E-state index contributed by atoms with van der Waals surface area (Å²) in [5.41, 5.74) is -0.0197. The molecule has 0 radical (unpaired) electrons. The van der Waals surface area contributed by atoms with Gasteiger partial charge < -0.3 is 10.1 Å². The quantitative estimate of drug-likeness (QED) is 0.612. The molecule has 1 unspecified atom stereocenters. The van der Waals surface area contributed by atoms with E-state index in [9.17, 15) is 10.1 Å². The SMILES string of the molecule is CCNCC(C)COc1cc([N+](=O)[O-])ccc1Cl. The standard InChI is InChI=1S/C12H17ClN2O3/c1-3-14-7-9(2)8-18-12-6-10(15(16)17)4-5-11(12)13/h4-6,9,14H,3,7-8H2,1-2H3. The Kier molecular flexibility index (Phi) is 5.88. The maximum absolute atomic E-state index is 10.6. The lowest BCUT2D eigenvalue weighted by Crippen LogP contribution is -2.24. The van der Waals surface area contributed by atoms with Gasteiger partial charge in [0.05, 0.1) is 22.6 Å². The highest BCUT2D eigenvalue weighted by Gasteiger charge is 2.11. The van der Waals surface area contributed by atoms with Gasteiger partial charge in [-0.3, -0.25) is 10.1 Å². The third kappa shape index (κ3) is 4.50. The molecule has 6 heteroatoms. The first-order valence-electron chi connectivity index (χ1n) is 5.82. The molecule has 1 N–H and O–H groups in total. The van der Waals surface area contributed by atoms with Crippen molar-refractivity contribution in [2.24, 2.45) is 5.92 Å². The molecule has 100 valence electrons. The molecular formula is C12H17ClN2O3. The molecule has 0 aromatic heterocycles. The van der Waals surface area contributed by atoms with Crippen molar-refractivity contribution in [1.82, 2.24) is 5.32 Å². The van der Waals surface area contributed by atoms with Crippen LogP contribution < -0.4 is 10.1 Å². The summed E-state index contributed by atoms with van der Waals surface area (Å²) in [5, 5.41) is 14.2. The van der Waals surface area contributed by atoms with E-state index in [0.29, 0.717) is 23.3 Å². The van der Waals surface area contributed by atoms with Gasteiger partial charge in [0.15, 0.2) is 0 Å². The first-order chi connectivity index (χ1) is 8.54. The van der Waals surface area contributed by atoms with Gasteiger partial charge >= 0.3 is 0 Å². The second kappa shape index (κ2) is 7.18. The van der Waals surface area contributed by atoms with Crippen LogP contribution in [0.5, 0.6) is 5.75 Å². The maximum Gasteiger partial charge on any atom is 0.273 e. The Morgan fingerprint density at radius 1 is 1.56 bits per heavy atom. The first kappa shape index (κ1) is 14.7. The molecule has 1 aromatic rings. The summed E-state index contributed by atoms with van der Waals surface area (Å²) in [5.74, 6) is 0.662. The van der Waals surface area contributed by atoms with E-state index >= 15 is 0 Å². The van der Waals surface area contributed by atoms with Crippen LogP contribution in [-0.4, -0.2) is 24.6 Å². The third-order valence-electron chi connectivity index (χ3n) is 2.39. The highest BCUT2D eigenvalue weighted by molar-refractivity contribution is 6.32. The lowest BCUT2D eigenvalue weighted by Gasteiger charge is -2.14. The minimum absolute atomic E-state index is 0.0197. The number of halogens is 1. The largest absolute Gasteiger partial charge is 0.491 e. The Morgan fingerprint density at radius 2 is 2.28 bits per heavy atom. The smallest absolute Gasteiger partial charge is 0.273 e. The Labute approximate surface area is 111 Å². The maximum atomic E-state index is 10.6. The fourth-order valence-electron chi connectivity index (χ4n) is 1.40. The summed E-state index contributed by atoms with van der Waals surface area (Å²) in [4.78, 5) is 10.2. The van der Waals surface area contributed by atoms with Crippen LogP contribution in [0.2, 0.25) is 5.02 Å². The molecule has 1 rings (SSSR count). The van der Waals surface area contributed by atoms with Gasteiger partial charge in [-0.05, 0) is 12.6 Å². The van der Waals surface area contributed by atoms with Gasteiger partial charge in [-0.2, -0.15) is 0 Å². The molecule has 0 aliphatic heterocycles. The van der Waals surface area contributed by atoms with Crippen LogP contribution in [0.15, 0.2) is 18.2 Å². The Morgan fingerprint density at radius 3 is 2.89 bits per heavy atom. The highest BCUT2D eigenvalue weighted by atomic mass is 35.5. The van der Waals surface area contributed by atoms with E-state index in [0.717, 1.165) is 13.1 Å². The van der Waals surface area contributed by atoms with E-state index in [1.54, 1.807) is 0 Å².